The summed E-state index contributed by atoms with van der Waals surface area (Å²) in [5, 5.41) is -0.000102. The fourth-order valence-electron chi connectivity index (χ4n) is 2.31. The molecule has 0 saturated heterocycles. The minimum Gasteiger partial charge on any atom is -0.493 e. The maximum atomic E-state index is 12.6. The van der Waals surface area contributed by atoms with Gasteiger partial charge in [0.2, 0.25) is 10.0 Å². The van der Waals surface area contributed by atoms with E-state index >= 15 is 0 Å². The number of hydrogen-bond donors (Lipinski definition) is 1. The molecule has 0 radical (unpaired) electrons. The summed E-state index contributed by atoms with van der Waals surface area (Å²) in [6.07, 6.45) is 0. The van der Waals surface area contributed by atoms with Crippen LogP contribution in [0.4, 0.5) is 0 Å². The van der Waals surface area contributed by atoms with Gasteiger partial charge in [-0.1, -0.05) is 17.7 Å². The molecule has 0 aliphatic carbocycles. The van der Waals surface area contributed by atoms with Gasteiger partial charge >= 0.3 is 5.97 Å². The van der Waals surface area contributed by atoms with Gasteiger partial charge in [0.15, 0.2) is 11.5 Å². The molecule has 2 rings (SSSR count). The highest BCUT2D eigenvalue weighted by atomic mass is 35.5. The van der Waals surface area contributed by atoms with E-state index in [0.29, 0.717) is 23.7 Å². The molecule has 0 heterocycles. The van der Waals surface area contributed by atoms with Crippen LogP contribution in [0.1, 0.15) is 22.8 Å². The molecule has 0 atom stereocenters. The van der Waals surface area contributed by atoms with Crippen LogP contribution in [-0.4, -0.2) is 35.2 Å². The van der Waals surface area contributed by atoms with Crippen molar-refractivity contribution in [2.45, 2.75) is 18.4 Å². The molecule has 0 bridgehead atoms. The summed E-state index contributed by atoms with van der Waals surface area (Å²) in [4.78, 5) is 11.4. The number of sulfonamides is 1. The van der Waals surface area contributed by atoms with E-state index in [9.17, 15) is 13.2 Å². The smallest absolute Gasteiger partial charge is 0.337 e. The Hall–Kier alpha value is -2.29. The van der Waals surface area contributed by atoms with E-state index in [1.54, 1.807) is 18.2 Å². The average molecular weight is 414 g/mol. The number of carbonyl (C=O) groups excluding carboxylic acids is 1. The van der Waals surface area contributed by atoms with E-state index < -0.39 is 16.0 Å². The lowest BCUT2D eigenvalue weighted by atomic mass is 10.2. The largest absolute Gasteiger partial charge is 0.493 e. The van der Waals surface area contributed by atoms with Gasteiger partial charge in [-0.15, -0.1) is 0 Å². The lowest BCUT2D eigenvalue weighted by Crippen LogP contribution is -2.24. The Morgan fingerprint density at radius 2 is 1.85 bits per heavy atom. The van der Waals surface area contributed by atoms with Crippen molar-refractivity contribution >= 4 is 27.6 Å². The van der Waals surface area contributed by atoms with Crippen molar-refractivity contribution in [3.8, 4) is 11.5 Å². The maximum Gasteiger partial charge on any atom is 0.337 e. The number of halogens is 1. The van der Waals surface area contributed by atoms with Crippen LogP contribution in [0.25, 0.3) is 0 Å². The van der Waals surface area contributed by atoms with Gasteiger partial charge in [0.05, 0.1) is 31.4 Å². The zero-order chi connectivity index (χ0) is 20.0. The molecular weight excluding hydrogens is 394 g/mol. The summed E-state index contributed by atoms with van der Waals surface area (Å²) in [5.41, 5.74) is 0.758. The highest BCUT2D eigenvalue weighted by Crippen LogP contribution is 2.28. The zero-order valence-electron chi connectivity index (χ0n) is 15.1. The molecule has 1 N–H and O–H groups in total. The first-order chi connectivity index (χ1) is 12.8. The van der Waals surface area contributed by atoms with Crippen LogP contribution >= 0.6 is 11.6 Å². The van der Waals surface area contributed by atoms with Crippen LogP contribution < -0.4 is 14.2 Å². The Morgan fingerprint density at radius 1 is 1.11 bits per heavy atom. The number of nitrogens with one attached hydrogen (secondary N) is 1. The van der Waals surface area contributed by atoms with Crippen LogP contribution in [-0.2, 0) is 21.3 Å². The normalized spacial score (nSPS) is 11.1. The topological polar surface area (TPSA) is 90.9 Å². The monoisotopic (exact) mass is 413 g/mol. The van der Waals surface area contributed by atoms with E-state index in [1.807, 2.05) is 6.92 Å². The Morgan fingerprint density at radius 3 is 2.48 bits per heavy atom. The fourth-order valence-corrected chi connectivity index (χ4v) is 3.85. The van der Waals surface area contributed by atoms with Crippen molar-refractivity contribution in [3.63, 3.8) is 0 Å². The third kappa shape index (κ3) is 5.12. The van der Waals surface area contributed by atoms with Crippen LogP contribution in [0.3, 0.4) is 0 Å². The van der Waals surface area contributed by atoms with Crippen molar-refractivity contribution in [2.75, 3.05) is 20.8 Å². The second-order valence-corrected chi connectivity index (χ2v) is 7.52. The number of methoxy groups -OCH3 is 2. The summed E-state index contributed by atoms with van der Waals surface area (Å²) >= 11 is 6.01. The lowest BCUT2D eigenvalue weighted by Gasteiger charge is -2.13. The molecule has 2 aromatic carbocycles. The van der Waals surface area contributed by atoms with Gasteiger partial charge in [-0.2, -0.15) is 0 Å². The van der Waals surface area contributed by atoms with E-state index in [2.05, 4.69) is 9.46 Å². The molecule has 7 nitrogen and oxygen atoms in total. The van der Waals surface area contributed by atoms with Gasteiger partial charge in [-0.25, -0.2) is 17.9 Å². The second kappa shape index (κ2) is 9.07. The first-order valence-electron chi connectivity index (χ1n) is 7.99. The second-order valence-electron chi connectivity index (χ2n) is 5.38. The van der Waals surface area contributed by atoms with Gasteiger partial charge in [0, 0.05) is 6.54 Å². The van der Waals surface area contributed by atoms with Gasteiger partial charge < -0.3 is 14.2 Å². The van der Waals surface area contributed by atoms with Crippen LogP contribution in [0.5, 0.6) is 11.5 Å². The molecular formula is C18H20ClNO6S. The summed E-state index contributed by atoms with van der Waals surface area (Å²) in [7, 11) is -1.22. The third-order valence-corrected chi connectivity index (χ3v) is 5.52. The number of rotatable bonds is 8. The highest BCUT2D eigenvalue weighted by Gasteiger charge is 2.20. The van der Waals surface area contributed by atoms with Crippen molar-refractivity contribution in [2.24, 2.45) is 0 Å². The minimum atomic E-state index is -3.96. The van der Waals surface area contributed by atoms with Crippen molar-refractivity contribution in [3.05, 3.63) is 52.5 Å². The first kappa shape index (κ1) is 21.0. The lowest BCUT2D eigenvalue weighted by molar-refractivity contribution is 0.0600. The summed E-state index contributed by atoms with van der Waals surface area (Å²) in [6, 6.07) is 9.01. The van der Waals surface area contributed by atoms with Gasteiger partial charge in [-0.3, -0.25) is 0 Å². The van der Waals surface area contributed by atoms with Gasteiger partial charge in [0.1, 0.15) is 4.90 Å². The fraction of sp³-hybridized carbons (Fsp3) is 0.278. The number of carbonyl (C=O) groups is 1. The van der Waals surface area contributed by atoms with Crippen molar-refractivity contribution < 1.29 is 27.4 Å². The predicted octanol–water partition coefficient (Wildman–Crippen LogP) is 3.01. The van der Waals surface area contributed by atoms with Gasteiger partial charge in [0.25, 0.3) is 0 Å². The third-order valence-electron chi connectivity index (χ3n) is 3.64. The molecule has 2 aromatic rings. The molecule has 27 heavy (non-hydrogen) atoms. The summed E-state index contributed by atoms with van der Waals surface area (Å²) in [6.45, 7) is 2.29. The van der Waals surface area contributed by atoms with Crippen LogP contribution in [0, 0.1) is 0 Å². The van der Waals surface area contributed by atoms with Crippen molar-refractivity contribution in [1.29, 1.82) is 0 Å². The Balaban J connectivity index is 2.25. The molecule has 146 valence electrons. The van der Waals surface area contributed by atoms with E-state index in [-0.39, 0.29) is 22.0 Å². The first-order valence-corrected chi connectivity index (χ1v) is 9.85. The predicted molar refractivity (Wildman–Crippen MR) is 101 cm³/mol. The van der Waals surface area contributed by atoms with E-state index in [1.165, 1.54) is 32.4 Å². The Bertz CT molecular complexity index is 929. The maximum absolute atomic E-state index is 12.6. The van der Waals surface area contributed by atoms with Crippen LogP contribution in [0.15, 0.2) is 41.3 Å². The number of esters is 1. The molecule has 0 saturated carbocycles. The molecule has 9 heteroatoms. The van der Waals surface area contributed by atoms with Gasteiger partial charge in [-0.05, 0) is 42.8 Å². The summed E-state index contributed by atoms with van der Waals surface area (Å²) in [5.74, 6) is 0.416. The highest BCUT2D eigenvalue weighted by molar-refractivity contribution is 7.89. The number of hydrogen-bond acceptors (Lipinski definition) is 6. The SMILES string of the molecule is CCOc1cc(CNS(=O)(=O)c2cc(C(=O)OC)ccc2Cl)ccc1OC. The molecule has 0 aliphatic rings. The quantitative estimate of drug-likeness (QED) is 0.669. The Labute approximate surface area is 163 Å². The van der Waals surface area contributed by atoms with E-state index in [4.69, 9.17) is 21.1 Å². The zero-order valence-corrected chi connectivity index (χ0v) is 16.7. The van der Waals surface area contributed by atoms with Crippen LogP contribution in [0.2, 0.25) is 5.02 Å². The number of benzene rings is 2. The standard InChI is InChI=1S/C18H20ClNO6S/c1-4-26-16-9-12(5-8-15(16)24-2)11-20-27(22,23)17-10-13(18(21)25-3)6-7-14(17)19/h5-10,20H,4,11H2,1-3H3. The van der Waals surface area contributed by atoms with Crippen molar-refractivity contribution in [1.82, 2.24) is 4.72 Å². The molecule has 0 aliphatic heterocycles. The molecule has 0 amide bonds. The Kier molecular flexibility index (Phi) is 7.06. The average Bonchev–Trinajstić information content (AvgIpc) is 2.66. The minimum absolute atomic E-state index is 0.000102. The summed E-state index contributed by atoms with van der Waals surface area (Å²) < 4.78 is 43.0. The molecule has 0 spiro atoms. The molecule has 0 fully saturated rings. The molecule has 0 unspecified atom stereocenters. The van der Waals surface area contributed by atoms with E-state index in [0.717, 1.165) is 0 Å². The number of ether oxygens (including phenoxy) is 3. The molecule has 0 aromatic heterocycles.